The van der Waals surface area contributed by atoms with Gasteiger partial charge in [0.25, 0.3) is 6.71 Å². The number of allylic oxidation sites excluding steroid dienone is 4. The fraction of sp³-hybridized carbons (Fsp3) is 0.278. The molecule has 0 unspecified atom stereocenters. The van der Waals surface area contributed by atoms with Crippen LogP contribution in [0, 0.1) is 0 Å². The van der Waals surface area contributed by atoms with Gasteiger partial charge in [0, 0.05) is 45.0 Å². The minimum Gasteiger partial charge on any atom is -0.311 e. The highest BCUT2D eigenvalue weighted by atomic mass is 15.2. The quantitative estimate of drug-likeness (QED) is 0.162. The molecule has 2 aliphatic heterocycles. The molecular weight excluding hydrogens is 904 g/mol. The maximum Gasteiger partial charge on any atom is 0.252 e. The lowest BCUT2D eigenvalue weighted by Crippen LogP contribution is -2.61. The molecule has 0 saturated heterocycles. The molecule has 0 saturated carbocycles. The number of benzene rings is 8. The summed E-state index contributed by atoms with van der Waals surface area (Å²) in [4.78, 5) is 5.23. The van der Waals surface area contributed by atoms with Crippen LogP contribution in [0.15, 0.2) is 175 Å². The number of fused-ring (bicyclic) bond motifs is 9. The van der Waals surface area contributed by atoms with Gasteiger partial charge in [0.05, 0.1) is 0 Å². The van der Waals surface area contributed by atoms with E-state index in [0.717, 1.165) is 12.8 Å². The van der Waals surface area contributed by atoms with Crippen molar-refractivity contribution in [1.29, 1.82) is 0 Å². The smallest absolute Gasteiger partial charge is 0.252 e. The lowest BCUT2D eigenvalue weighted by molar-refractivity contribution is 0.589. The lowest BCUT2D eigenvalue weighted by Gasteiger charge is -2.45. The average molecular weight is 975 g/mol. The average Bonchev–Trinajstić information content (AvgIpc) is 3.79. The number of hydrogen-bond donors (Lipinski definition) is 0. The minimum atomic E-state index is -0.126. The second-order valence-electron chi connectivity index (χ2n) is 26.5. The topological polar surface area (TPSA) is 6.48 Å². The summed E-state index contributed by atoms with van der Waals surface area (Å²) < 4.78 is 0. The summed E-state index contributed by atoms with van der Waals surface area (Å²) in [5, 5.41) is 0. The third-order valence-corrected chi connectivity index (χ3v) is 18.0. The first-order valence-electron chi connectivity index (χ1n) is 27.7. The minimum absolute atomic E-state index is 0.0242. The lowest BCUT2D eigenvalue weighted by atomic mass is 9.33. The predicted molar refractivity (Wildman–Crippen MR) is 323 cm³/mol. The van der Waals surface area contributed by atoms with Crippen LogP contribution in [0.3, 0.4) is 0 Å². The Balaban J connectivity index is 1.01. The van der Waals surface area contributed by atoms with Crippen molar-refractivity contribution in [2.75, 3.05) is 9.80 Å². The normalized spacial score (nSPS) is 16.7. The second kappa shape index (κ2) is 16.2. The molecule has 8 aromatic rings. The van der Waals surface area contributed by atoms with Crippen molar-refractivity contribution < 1.29 is 0 Å². The Labute approximate surface area is 448 Å². The summed E-state index contributed by atoms with van der Waals surface area (Å²) >= 11 is 0. The van der Waals surface area contributed by atoms with Crippen LogP contribution < -0.4 is 26.2 Å². The fourth-order valence-corrected chi connectivity index (χ4v) is 14.0. The molecule has 0 amide bonds. The van der Waals surface area contributed by atoms with E-state index in [9.17, 15) is 0 Å². The molecule has 0 spiro atoms. The van der Waals surface area contributed by atoms with Gasteiger partial charge < -0.3 is 9.80 Å². The van der Waals surface area contributed by atoms with Crippen LogP contribution in [0.4, 0.5) is 34.1 Å². The van der Waals surface area contributed by atoms with Crippen molar-refractivity contribution in [2.45, 2.75) is 130 Å². The van der Waals surface area contributed by atoms with E-state index in [1.54, 1.807) is 0 Å². The molecule has 75 heavy (non-hydrogen) atoms. The van der Waals surface area contributed by atoms with Crippen molar-refractivity contribution in [3.8, 4) is 22.3 Å². The van der Waals surface area contributed by atoms with Gasteiger partial charge in [0.2, 0.25) is 0 Å². The van der Waals surface area contributed by atoms with E-state index < -0.39 is 0 Å². The molecule has 2 nitrogen and oxygen atoms in total. The Hall–Kier alpha value is -7.10. The summed E-state index contributed by atoms with van der Waals surface area (Å²) in [6, 6.07) is 64.0. The molecule has 3 aliphatic carbocycles. The first kappa shape index (κ1) is 47.6. The van der Waals surface area contributed by atoms with Crippen LogP contribution in [0.1, 0.15) is 147 Å². The van der Waals surface area contributed by atoms with E-state index in [1.807, 2.05) is 0 Å². The molecule has 0 bridgehead atoms. The molecule has 8 aromatic carbocycles. The number of anilines is 6. The number of nitrogens with zero attached hydrogens (tertiary/aromatic N) is 2. The van der Waals surface area contributed by atoms with E-state index in [-0.39, 0.29) is 33.8 Å². The van der Waals surface area contributed by atoms with Gasteiger partial charge in [-0.15, -0.1) is 0 Å². The van der Waals surface area contributed by atoms with Crippen LogP contribution >= 0.6 is 0 Å². The molecule has 0 fully saturated rings. The Morgan fingerprint density at radius 3 is 1.59 bits per heavy atom. The maximum absolute atomic E-state index is 2.62. The van der Waals surface area contributed by atoms with Crippen LogP contribution in [0.25, 0.3) is 33.4 Å². The van der Waals surface area contributed by atoms with Gasteiger partial charge in [-0.25, -0.2) is 0 Å². The van der Waals surface area contributed by atoms with Gasteiger partial charge in [-0.05, 0) is 177 Å². The zero-order valence-electron chi connectivity index (χ0n) is 46.6. The van der Waals surface area contributed by atoms with Crippen LogP contribution in [0.5, 0.6) is 0 Å². The SMILES string of the molecule is CC(C)(C)c1ccc2c(c1)B1c3ccc(C(C)(C)C)cc3N(c3ccc(-c4cccc5c4C(C)(C)c4ccccc4-5)cc3)c3cc(C(C)(C)C)cc(c31)N2c1ccc(C2=CCCC3=C2C(C)(C)c2ccccc23)cc1. The Kier molecular flexibility index (Phi) is 10.3. The van der Waals surface area contributed by atoms with Crippen LogP contribution in [-0.4, -0.2) is 6.71 Å². The monoisotopic (exact) mass is 975 g/mol. The molecule has 5 aliphatic rings. The third kappa shape index (κ3) is 7.12. The van der Waals surface area contributed by atoms with Crippen LogP contribution in [-0.2, 0) is 27.1 Å². The molecule has 13 rings (SSSR count). The maximum atomic E-state index is 2.62. The second-order valence-corrected chi connectivity index (χ2v) is 26.5. The summed E-state index contributed by atoms with van der Waals surface area (Å²) in [6.45, 7) is 30.9. The molecule has 2 heterocycles. The van der Waals surface area contributed by atoms with E-state index >= 15 is 0 Å². The third-order valence-electron chi connectivity index (χ3n) is 18.0. The highest BCUT2D eigenvalue weighted by Crippen LogP contribution is 2.56. The first-order chi connectivity index (χ1) is 35.6. The zero-order valence-corrected chi connectivity index (χ0v) is 46.6. The largest absolute Gasteiger partial charge is 0.311 e. The molecule has 0 radical (unpaired) electrons. The number of rotatable bonds is 4. The van der Waals surface area contributed by atoms with E-state index in [0.29, 0.717) is 0 Å². The Bertz CT molecular complexity index is 3760. The van der Waals surface area contributed by atoms with Gasteiger partial charge in [0.15, 0.2) is 0 Å². The summed E-state index contributed by atoms with van der Waals surface area (Å²) in [6.07, 6.45) is 4.66. The van der Waals surface area contributed by atoms with Crippen molar-refractivity contribution >= 4 is 68.4 Å². The van der Waals surface area contributed by atoms with Crippen LogP contribution in [0.2, 0.25) is 0 Å². The first-order valence-corrected chi connectivity index (χ1v) is 27.7. The molecule has 0 N–H and O–H groups in total. The molecule has 0 aromatic heterocycles. The van der Waals surface area contributed by atoms with Crippen molar-refractivity contribution in [2.24, 2.45) is 0 Å². The standard InChI is InChI=1S/C72H71BN2/c1-68(2,3)46-33-39-61-60(40-46)73-59-38-32-47(69(4,5)6)41-62(59)75(50-36-30-45(31-37-50)52-23-19-25-56-54-21-15-17-27-58(54)72(12,13)66(52)56)64-43-48(70(7,8)9)42-63(67(64)73)74(61)49-34-28-44(29-35-49)51-22-18-24-55-53-20-14-16-26-57(53)71(10,11)65(51)55/h14-17,19-23,25-43H,18,24H2,1-13H3. The molecular formula is C72H71BN2. The predicted octanol–water partition coefficient (Wildman–Crippen LogP) is 17.6. The summed E-state index contributed by atoms with van der Waals surface area (Å²) in [7, 11) is 0. The van der Waals surface area contributed by atoms with Crippen molar-refractivity contribution in [3.63, 3.8) is 0 Å². The highest BCUT2D eigenvalue weighted by Gasteiger charge is 2.46. The zero-order chi connectivity index (χ0) is 52.3. The van der Waals surface area contributed by atoms with Gasteiger partial charge in [0.1, 0.15) is 0 Å². The molecule has 0 atom stereocenters. The molecule has 372 valence electrons. The Morgan fingerprint density at radius 2 is 0.947 bits per heavy atom. The summed E-state index contributed by atoms with van der Waals surface area (Å²) in [5.41, 5.74) is 31.8. The van der Waals surface area contributed by atoms with E-state index in [1.165, 1.54) is 134 Å². The van der Waals surface area contributed by atoms with Gasteiger partial charge in [-0.1, -0.05) is 211 Å². The van der Waals surface area contributed by atoms with Gasteiger partial charge >= 0.3 is 0 Å². The van der Waals surface area contributed by atoms with Crippen molar-refractivity contribution in [1.82, 2.24) is 0 Å². The summed E-state index contributed by atoms with van der Waals surface area (Å²) in [5.74, 6) is 0. The van der Waals surface area contributed by atoms with Gasteiger partial charge in [-0.3, -0.25) is 0 Å². The molecule has 3 heteroatoms. The van der Waals surface area contributed by atoms with Crippen molar-refractivity contribution in [3.05, 3.63) is 220 Å². The van der Waals surface area contributed by atoms with E-state index in [2.05, 4.69) is 270 Å². The van der Waals surface area contributed by atoms with E-state index in [4.69, 9.17) is 0 Å². The Morgan fingerprint density at radius 1 is 0.427 bits per heavy atom. The number of hydrogen-bond acceptors (Lipinski definition) is 2. The fourth-order valence-electron chi connectivity index (χ4n) is 14.0. The van der Waals surface area contributed by atoms with Gasteiger partial charge in [-0.2, -0.15) is 0 Å². The highest BCUT2D eigenvalue weighted by molar-refractivity contribution is 7.00.